The molecule has 0 aromatic carbocycles. The molecule has 0 N–H and O–H groups in total. The van der Waals surface area contributed by atoms with Gasteiger partial charge in [-0.15, -0.1) is 22.7 Å². The summed E-state index contributed by atoms with van der Waals surface area (Å²) in [4.78, 5) is 6.80. The van der Waals surface area contributed by atoms with Crippen molar-refractivity contribution in [3.63, 3.8) is 0 Å². The van der Waals surface area contributed by atoms with E-state index in [1.165, 1.54) is 9.75 Å². The molecule has 90 valence electrons. The molecule has 18 heavy (non-hydrogen) atoms. The lowest BCUT2D eigenvalue weighted by molar-refractivity contribution is 1.34. The lowest BCUT2D eigenvalue weighted by atomic mass is 10.1. The van der Waals surface area contributed by atoms with Crippen LogP contribution in [-0.4, -0.2) is 4.98 Å². The van der Waals surface area contributed by atoms with Crippen LogP contribution >= 0.6 is 54.5 Å². The molecule has 0 aliphatic heterocycles. The van der Waals surface area contributed by atoms with Crippen LogP contribution < -0.4 is 0 Å². The predicted octanol–water partition coefficient (Wildman–Crippen LogP) is 6.06. The van der Waals surface area contributed by atoms with Crippen LogP contribution in [0.3, 0.4) is 0 Å². The summed E-state index contributed by atoms with van der Waals surface area (Å²) in [5, 5.41) is 0. The first kappa shape index (κ1) is 12.5. The lowest BCUT2D eigenvalue weighted by Gasteiger charge is -2.00. The minimum Gasteiger partial charge on any atom is -0.263 e. The summed E-state index contributed by atoms with van der Waals surface area (Å²) in [6.07, 6.45) is 3.81. The summed E-state index contributed by atoms with van der Waals surface area (Å²) in [5.41, 5.74) is 2.32. The normalized spacial score (nSPS) is 10.8. The smallest absolute Gasteiger partial charge is 0.0705 e. The van der Waals surface area contributed by atoms with Gasteiger partial charge >= 0.3 is 0 Å². The maximum atomic E-state index is 4.34. The number of pyridine rings is 1. The summed E-state index contributed by atoms with van der Waals surface area (Å²) in [7, 11) is 0. The van der Waals surface area contributed by atoms with Crippen molar-refractivity contribution in [3.05, 3.63) is 50.3 Å². The molecule has 0 saturated carbocycles. The fraction of sp³-hybridized carbons (Fsp3) is 0. The van der Waals surface area contributed by atoms with Crippen LogP contribution in [-0.2, 0) is 0 Å². The van der Waals surface area contributed by atoms with E-state index < -0.39 is 0 Å². The largest absolute Gasteiger partial charge is 0.263 e. The molecule has 0 bridgehead atoms. The van der Waals surface area contributed by atoms with Gasteiger partial charge in [-0.25, -0.2) is 0 Å². The fourth-order valence-corrected chi connectivity index (χ4v) is 4.38. The number of aromatic nitrogens is 1. The standard InChI is InChI=1S/C13H7Br2NS2/c14-12-3-1-10(17-12)8-5-9(7-16-6-8)11-2-4-13(15)18-11/h1-7H. The highest BCUT2D eigenvalue weighted by atomic mass is 79.9. The van der Waals surface area contributed by atoms with Crippen LogP contribution in [0.15, 0.2) is 50.3 Å². The van der Waals surface area contributed by atoms with Crippen molar-refractivity contribution < 1.29 is 0 Å². The molecule has 0 saturated heterocycles. The van der Waals surface area contributed by atoms with Crippen LogP contribution in [0.2, 0.25) is 0 Å². The molecular formula is C13H7Br2NS2. The highest BCUT2D eigenvalue weighted by Crippen LogP contribution is 2.35. The van der Waals surface area contributed by atoms with Gasteiger partial charge in [-0.3, -0.25) is 4.98 Å². The molecule has 0 radical (unpaired) electrons. The maximum absolute atomic E-state index is 4.34. The van der Waals surface area contributed by atoms with E-state index in [0.29, 0.717) is 0 Å². The van der Waals surface area contributed by atoms with Gasteiger partial charge in [0.15, 0.2) is 0 Å². The molecule has 1 nitrogen and oxygen atoms in total. The molecule has 3 aromatic heterocycles. The first-order chi connectivity index (χ1) is 8.72. The van der Waals surface area contributed by atoms with Gasteiger partial charge in [0.05, 0.1) is 7.57 Å². The molecular weight excluding hydrogens is 394 g/mol. The van der Waals surface area contributed by atoms with Crippen molar-refractivity contribution in [2.75, 3.05) is 0 Å². The van der Waals surface area contributed by atoms with Crippen molar-refractivity contribution in [2.24, 2.45) is 0 Å². The van der Waals surface area contributed by atoms with Crippen LogP contribution in [0.1, 0.15) is 0 Å². The lowest BCUT2D eigenvalue weighted by Crippen LogP contribution is -1.79. The van der Waals surface area contributed by atoms with Crippen molar-refractivity contribution in [1.82, 2.24) is 4.98 Å². The Labute approximate surface area is 130 Å². The second-order valence-corrected chi connectivity index (χ2v) is 8.60. The quantitative estimate of drug-likeness (QED) is 0.509. The van der Waals surface area contributed by atoms with Crippen molar-refractivity contribution >= 4 is 54.5 Å². The van der Waals surface area contributed by atoms with Gasteiger partial charge in [0.25, 0.3) is 0 Å². The predicted molar refractivity (Wildman–Crippen MR) is 86.3 cm³/mol. The Balaban J connectivity index is 2.04. The van der Waals surface area contributed by atoms with Crippen LogP contribution in [0.4, 0.5) is 0 Å². The van der Waals surface area contributed by atoms with E-state index in [1.54, 1.807) is 22.7 Å². The first-order valence-electron chi connectivity index (χ1n) is 5.19. The van der Waals surface area contributed by atoms with Crippen molar-refractivity contribution in [2.45, 2.75) is 0 Å². The monoisotopic (exact) mass is 399 g/mol. The van der Waals surface area contributed by atoms with Gasteiger partial charge in [0, 0.05) is 33.3 Å². The van der Waals surface area contributed by atoms with E-state index >= 15 is 0 Å². The minimum atomic E-state index is 1.14. The Hall–Kier alpha value is -0.490. The second kappa shape index (κ2) is 5.25. The van der Waals surface area contributed by atoms with E-state index in [-0.39, 0.29) is 0 Å². The molecule has 0 fully saturated rings. The molecule has 3 aromatic rings. The summed E-state index contributed by atoms with van der Waals surface area (Å²) in [6.45, 7) is 0. The third kappa shape index (κ3) is 2.59. The fourth-order valence-electron chi connectivity index (χ4n) is 1.65. The molecule has 0 spiro atoms. The van der Waals surface area contributed by atoms with Crippen LogP contribution in [0.5, 0.6) is 0 Å². The van der Waals surface area contributed by atoms with Gasteiger partial charge in [-0.1, -0.05) is 0 Å². The van der Waals surface area contributed by atoms with E-state index in [2.05, 4.69) is 67.2 Å². The Kier molecular flexibility index (Phi) is 3.66. The number of hydrogen-bond donors (Lipinski definition) is 0. The topological polar surface area (TPSA) is 12.9 Å². The number of thiophene rings is 2. The zero-order chi connectivity index (χ0) is 12.5. The van der Waals surface area contributed by atoms with Gasteiger partial charge in [0.1, 0.15) is 0 Å². The van der Waals surface area contributed by atoms with E-state index in [4.69, 9.17) is 0 Å². The number of rotatable bonds is 2. The van der Waals surface area contributed by atoms with Crippen molar-refractivity contribution in [1.29, 1.82) is 0 Å². The number of halogens is 2. The molecule has 0 unspecified atom stereocenters. The van der Waals surface area contributed by atoms with E-state index in [1.807, 2.05) is 12.4 Å². The average Bonchev–Trinajstić information content (AvgIpc) is 2.98. The Morgan fingerprint density at radius 2 is 1.28 bits per heavy atom. The Morgan fingerprint density at radius 3 is 1.67 bits per heavy atom. The van der Waals surface area contributed by atoms with Gasteiger partial charge in [0.2, 0.25) is 0 Å². The molecule has 0 atom stereocenters. The van der Waals surface area contributed by atoms with Crippen LogP contribution in [0.25, 0.3) is 20.9 Å². The molecule has 0 aliphatic rings. The summed E-state index contributed by atoms with van der Waals surface area (Å²) < 4.78 is 2.28. The van der Waals surface area contributed by atoms with E-state index in [9.17, 15) is 0 Å². The molecule has 3 heterocycles. The second-order valence-electron chi connectivity index (χ2n) is 3.67. The summed E-state index contributed by atoms with van der Waals surface area (Å²) in [5.74, 6) is 0. The average molecular weight is 401 g/mol. The van der Waals surface area contributed by atoms with E-state index in [0.717, 1.165) is 18.7 Å². The zero-order valence-corrected chi connectivity index (χ0v) is 13.9. The molecule has 5 heteroatoms. The molecule has 0 amide bonds. The zero-order valence-electron chi connectivity index (χ0n) is 9.06. The highest BCUT2D eigenvalue weighted by Gasteiger charge is 2.06. The molecule has 3 rings (SSSR count). The first-order valence-corrected chi connectivity index (χ1v) is 8.41. The van der Waals surface area contributed by atoms with Crippen LogP contribution in [0, 0.1) is 0 Å². The Bertz CT molecular complexity index is 632. The highest BCUT2D eigenvalue weighted by molar-refractivity contribution is 9.11. The maximum Gasteiger partial charge on any atom is 0.0705 e. The summed E-state index contributed by atoms with van der Waals surface area (Å²) in [6, 6.07) is 10.5. The minimum absolute atomic E-state index is 1.14. The third-order valence-corrected chi connectivity index (χ3v) is 5.80. The van der Waals surface area contributed by atoms with Gasteiger partial charge < -0.3 is 0 Å². The third-order valence-electron chi connectivity index (χ3n) is 2.45. The van der Waals surface area contributed by atoms with Gasteiger partial charge in [-0.05, 0) is 62.2 Å². The Morgan fingerprint density at radius 1 is 0.778 bits per heavy atom. The summed E-state index contributed by atoms with van der Waals surface area (Å²) >= 11 is 10.4. The number of hydrogen-bond acceptors (Lipinski definition) is 3. The van der Waals surface area contributed by atoms with Gasteiger partial charge in [-0.2, -0.15) is 0 Å². The SMILES string of the molecule is Brc1ccc(-c2cncc(-c3ccc(Br)s3)c2)s1. The van der Waals surface area contributed by atoms with Crippen molar-refractivity contribution in [3.8, 4) is 20.9 Å². The molecule has 0 aliphatic carbocycles. The number of nitrogens with zero attached hydrogens (tertiary/aromatic N) is 1.